The Bertz CT molecular complexity index is 533. The summed E-state index contributed by atoms with van der Waals surface area (Å²) in [5.41, 5.74) is 4.36. The van der Waals surface area contributed by atoms with E-state index in [1.165, 1.54) is 6.92 Å². The Labute approximate surface area is 115 Å². The molecule has 1 aromatic carbocycles. The van der Waals surface area contributed by atoms with Gasteiger partial charge in [-0.1, -0.05) is 0 Å². The molecule has 1 aromatic rings. The molecule has 5 nitrogen and oxygen atoms in total. The molecule has 3 N–H and O–H groups in total. The number of ether oxygens (including phenoxy) is 1. The van der Waals surface area contributed by atoms with E-state index in [9.17, 15) is 18.4 Å². The molecular formula is C13H16F2N2O3. The van der Waals surface area contributed by atoms with E-state index in [0.717, 1.165) is 6.07 Å². The minimum absolute atomic E-state index is 0.123. The highest BCUT2D eigenvalue weighted by molar-refractivity contribution is 5.93. The molecule has 0 aliphatic rings. The lowest BCUT2D eigenvalue weighted by atomic mass is 10.2. The van der Waals surface area contributed by atoms with Crippen LogP contribution in [0.15, 0.2) is 12.1 Å². The van der Waals surface area contributed by atoms with Crippen LogP contribution in [0.3, 0.4) is 0 Å². The highest BCUT2D eigenvalue weighted by atomic mass is 19.1. The molecule has 0 saturated carbocycles. The van der Waals surface area contributed by atoms with E-state index >= 15 is 0 Å². The maximum atomic E-state index is 13.4. The molecule has 1 amide bonds. The van der Waals surface area contributed by atoms with Crippen LogP contribution in [0.25, 0.3) is 0 Å². The first-order valence-electron chi connectivity index (χ1n) is 5.98. The summed E-state index contributed by atoms with van der Waals surface area (Å²) >= 11 is 0. The van der Waals surface area contributed by atoms with Crippen molar-refractivity contribution in [1.29, 1.82) is 0 Å². The number of nitrogens with one attached hydrogen (secondary N) is 1. The summed E-state index contributed by atoms with van der Waals surface area (Å²) in [7, 11) is 0. The van der Waals surface area contributed by atoms with Crippen molar-refractivity contribution in [2.75, 3.05) is 5.73 Å². The second-order valence-corrected chi connectivity index (χ2v) is 4.56. The largest absolute Gasteiger partial charge is 0.449 e. The predicted octanol–water partition coefficient (Wildman–Crippen LogP) is 1.62. The van der Waals surface area contributed by atoms with Crippen LogP contribution in [0.5, 0.6) is 0 Å². The summed E-state index contributed by atoms with van der Waals surface area (Å²) < 4.78 is 31.2. The van der Waals surface area contributed by atoms with E-state index < -0.39 is 35.2 Å². The van der Waals surface area contributed by atoms with Crippen molar-refractivity contribution >= 4 is 17.6 Å². The lowest BCUT2D eigenvalue weighted by molar-refractivity contribution is -0.129. The van der Waals surface area contributed by atoms with Crippen LogP contribution in [-0.4, -0.2) is 24.0 Å². The van der Waals surface area contributed by atoms with Crippen molar-refractivity contribution < 1.29 is 23.1 Å². The number of rotatable bonds is 4. The van der Waals surface area contributed by atoms with Crippen LogP contribution in [0.1, 0.15) is 31.1 Å². The first kappa shape index (κ1) is 15.9. The van der Waals surface area contributed by atoms with E-state index in [-0.39, 0.29) is 11.7 Å². The third kappa shape index (κ3) is 3.91. The zero-order valence-electron chi connectivity index (χ0n) is 11.4. The number of halogens is 2. The van der Waals surface area contributed by atoms with E-state index in [1.54, 1.807) is 13.8 Å². The average molecular weight is 286 g/mol. The van der Waals surface area contributed by atoms with Gasteiger partial charge in [0, 0.05) is 12.1 Å². The highest BCUT2D eigenvalue weighted by Crippen LogP contribution is 2.18. The summed E-state index contributed by atoms with van der Waals surface area (Å²) in [6.07, 6.45) is -1.10. The molecule has 1 unspecified atom stereocenters. The van der Waals surface area contributed by atoms with Gasteiger partial charge in [-0.3, -0.25) is 4.79 Å². The quantitative estimate of drug-likeness (QED) is 0.651. The van der Waals surface area contributed by atoms with Gasteiger partial charge in [-0.15, -0.1) is 0 Å². The van der Waals surface area contributed by atoms with Crippen LogP contribution in [0.2, 0.25) is 0 Å². The molecule has 0 bridgehead atoms. The van der Waals surface area contributed by atoms with Gasteiger partial charge in [0.05, 0.1) is 11.3 Å². The minimum Gasteiger partial charge on any atom is -0.449 e. The lowest BCUT2D eigenvalue weighted by Gasteiger charge is -2.15. The van der Waals surface area contributed by atoms with Gasteiger partial charge < -0.3 is 15.8 Å². The average Bonchev–Trinajstić information content (AvgIpc) is 2.32. The number of anilines is 1. The van der Waals surface area contributed by atoms with Gasteiger partial charge in [0.2, 0.25) is 0 Å². The van der Waals surface area contributed by atoms with Crippen molar-refractivity contribution in [3.8, 4) is 0 Å². The van der Waals surface area contributed by atoms with Crippen molar-refractivity contribution in [2.24, 2.45) is 0 Å². The van der Waals surface area contributed by atoms with Gasteiger partial charge in [0.15, 0.2) is 6.10 Å². The maximum absolute atomic E-state index is 13.4. The molecule has 0 spiro atoms. The Balaban J connectivity index is 2.81. The van der Waals surface area contributed by atoms with Gasteiger partial charge in [0.25, 0.3) is 5.91 Å². The fourth-order valence-corrected chi connectivity index (χ4v) is 1.40. The van der Waals surface area contributed by atoms with Crippen LogP contribution in [-0.2, 0) is 9.53 Å². The summed E-state index contributed by atoms with van der Waals surface area (Å²) in [6, 6.07) is 1.20. The smallest absolute Gasteiger partial charge is 0.341 e. The molecule has 110 valence electrons. The number of benzene rings is 1. The Morgan fingerprint density at radius 2 is 1.80 bits per heavy atom. The molecule has 20 heavy (non-hydrogen) atoms. The van der Waals surface area contributed by atoms with E-state index in [1.807, 2.05) is 0 Å². The van der Waals surface area contributed by atoms with Crippen molar-refractivity contribution in [1.82, 2.24) is 5.32 Å². The van der Waals surface area contributed by atoms with Crippen LogP contribution in [0, 0.1) is 11.6 Å². The molecule has 0 saturated heterocycles. The fraction of sp³-hybridized carbons (Fsp3) is 0.385. The Kier molecular flexibility index (Phi) is 5.01. The van der Waals surface area contributed by atoms with Gasteiger partial charge in [-0.2, -0.15) is 0 Å². The fourth-order valence-electron chi connectivity index (χ4n) is 1.40. The number of nitrogens with two attached hydrogens (primary N) is 1. The number of hydrogen-bond donors (Lipinski definition) is 2. The van der Waals surface area contributed by atoms with Gasteiger partial charge in [-0.25, -0.2) is 13.6 Å². The topological polar surface area (TPSA) is 81.4 Å². The Morgan fingerprint density at radius 1 is 1.20 bits per heavy atom. The number of hydrogen-bond acceptors (Lipinski definition) is 4. The summed E-state index contributed by atoms with van der Waals surface area (Å²) in [6.45, 7) is 4.83. The SMILES string of the molecule is CC(C)NC(=O)C(C)OC(=O)c1cc(N)c(F)cc1F. The highest BCUT2D eigenvalue weighted by Gasteiger charge is 2.22. The molecule has 0 aromatic heterocycles. The minimum atomic E-state index is -1.10. The summed E-state index contributed by atoms with van der Waals surface area (Å²) in [5, 5.41) is 2.54. The molecule has 0 aliphatic heterocycles. The van der Waals surface area contributed by atoms with Crippen LogP contribution >= 0.6 is 0 Å². The Morgan fingerprint density at radius 3 is 2.35 bits per heavy atom. The molecule has 0 fully saturated rings. The number of nitrogen functional groups attached to an aromatic ring is 1. The van der Waals surface area contributed by atoms with E-state index in [4.69, 9.17) is 10.5 Å². The zero-order valence-corrected chi connectivity index (χ0v) is 11.4. The molecule has 0 heterocycles. The van der Waals surface area contributed by atoms with Crippen LogP contribution < -0.4 is 11.1 Å². The lowest BCUT2D eigenvalue weighted by Crippen LogP contribution is -2.39. The number of esters is 1. The maximum Gasteiger partial charge on any atom is 0.341 e. The summed E-state index contributed by atoms with van der Waals surface area (Å²) in [5.74, 6) is -3.66. The normalized spacial score (nSPS) is 12.1. The second kappa shape index (κ2) is 6.31. The molecular weight excluding hydrogens is 270 g/mol. The van der Waals surface area contributed by atoms with Gasteiger partial charge in [0.1, 0.15) is 11.6 Å². The summed E-state index contributed by atoms with van der Waals surface area (Å²) in [4.78, 5) is 23.3. The monoisotopic (exact) mass is 286 g/mol. The molecule has 1 rings (SSSR count). The zero-order chi connectivity index (χ0) is 15.4. The van der Waals surface area contributed by atoms with Crippen molar-refractivity contribution in [3.63, 3.8) is 0 Å². The molecule has 1 atom stereocenters. The standard InChI is InChI=1S/C13H16F2N2O3/c1-6(2)17-12(18)7(3)20-13(19)8-4-11(16)10(15)5-9(8)14/h4-7H,16H2,1-3H3,(H,17,18). The number of amides is 1. The van der Waals surface area contributed by atoms with E-state index in [0.29, 0.717) is 6.07 Å². The second-order valence-electron chi connectivity index (χ2n) is 4.56. The molecule has 0 radical (unpaired) electrons. The predicted molar refractivity (Wildman–Crippen MR) is 68.9 cm³/mol. The first-order chi connectivity index (χ1) is 9.22. The van der Waals surface area contributed by atoms with Crippen molar-refractivity contribution in [3.05, 3.63) is 29.3 Å². The number of carbonyl (C=O) groups is 2. The number of carbonyl (C=O) groups excluding carboxylic acids is 2. The first-order valence-corrected chi connectivity index (χ1v) is 5.98. The van der Waals surface area contributed by atoms with E-state index in [2.05, 4.69) is 5.32 Å². The Hall–Kier alpha value is -2.18. The third-order valence-corrected chi connectivity index (χ3v) is 2.39. The van der Waals surface area contributed by atoms with Crippen LogP contribution in [0.4, 0.5) is 14.5 Å². The molecule has 7 heteroatoms. The van der Waals surface area contributed by atoms with Gasteiger partial charge in [-0.05, 0) is 26.8 Å². The van der Waals surface area contributed by atoms with Gasteiger partial charge >= 0.3 is 5.97 Å². The third-order valence-electron chi connectivity index (χ3n) is 2.39. The van der Waals surface area contributed by atoms with Crippen molar-refractivity contribution in [2.45, 2.75) is 32.9 Å². The molecule has 0 aliphatic carbocycles.